The first kappa shape index (κ1) is 12.6. The van der Waals surface area contributed by atoms with Crippen LogP contribution in [0.2, 0.25) is 0 Å². The summed E-state index contributed by atoms with van der Waals surface area (Å²) in [6, 6.07) is 1.54. The topological polar surface area (TPSA) is 82.0 Å². The molecule has 1 atom stereocenters. The maximum Gasteiger partial charge on any atom is 0.290 e. The van der Waals surface area contributed by atoms with Crippen LogP contribution in [0, 0.1) is 15.5 Å². The lowest BCUT2D eigenvalue weighted by Gasteiger charge is -2.26. The molecule has 1 unspecified atom stereocenters. The molecule has 1 aromatic heterocycles. The molecule has 0 bridgehead atoms. The maximum atomic E-state index is 10.8. The van der Waals surface area contributed by atoms with Gasteiger partial charge in [0.2, 0.25) is 0 Å². The summed E-state index contributed by atoms with van der Waals surface area (Å²) in [5.41, 5.74) is 6.62. The van der Waals surface area contributed by atoms with Crippen molar-refractivity contribution < 1.29 is 4.92 Å². The van der Waals surface area contributed by atoms with Crippen molar-refractivity contribution in [1.82, 2.24) is 4.98 Å². The van der Waals surface area contributed by atoms with Crippen molar-refractivity contribution in [1.29, 1.82) is 0 Å². The van der Waals surface area contributed by atoms with Crippen molar-refractivity contribution in [2.24, 2.45) is 11.1 Å². The Morgan fingerprint density at radius 1 is 1.56 bits per heavy atom. The first-order valence-corrected chi connectivity index (χ1v) is 5.15. The summed E-state index contributed by atoms with van der Waals surface area (Å²) >= 11 is 0. The molecule has 0 fully saturated rings. The molecule has 0 saturated carbocycles. The molecule has 1 heterocycles. The van der Waals surface area contributed by atoms with E-state index in [2.05, 4.69) is 4.98 Å². The van der Waals surface area contributed by atoms with Gasteiger partial charge in [-0.05, 0) is 17.9 Å². The number of nitrogens with zero attached hydrogens (tertiary/aromatic N) is 2. The van der Waals surface area contributed by atoms with Gasteiger partial charge in [0.1, 0.15) is 6.20 Å². The highest BCUT2D eigenvalue weighted by Gasteiger charge is 2.24. The van der Waals surface area contributed by atoms with Crippen molar-refractivity contribution in [3.05, 3.63) is 34.1 Å². The van der Waals surface area contributed by atoms with E-state index in [9.17, 15) is 10.1 Å². The van der Waals surface area contributed by atoms with Crippen molar-refractivity contribution in [3.8, 4) is 0 Å². The predicted molar refractivity (Wildman–Crippen MR) is 62.0 cm³/mol. The Kier molecular flexibility index (Phi) is 3.59. The van der Waals surface area contributed by atoms with Crippen molar-refractivity contribution in [3.63, 3.8) is 0 Å². The summed E-state index contributed by atoms with van der Waals surface area (Å²) < 4.78 is 0. The SMILES string of the molecule is CC(C)(C)C(N)Cc1ccncc1[N+](=O)[O-]. The van der Waals surface area contributed by atoms with E-state index in [4.69, 9.17) is 5.73 Å². The van der Waals surface area contributed by atoms with E-state index < -0.39 is 4.92 Å². The van der Waals surface area contributed by atoms with E-state index in [1.165, 1.54) is 6.20 Å². The average Bonchev–Trinajstić information content (AvgIpc) is 2.16. The molecular formula is C11H17N3O2. The second-order valence-corrected chi connectivity index (χ2v) is 4.94. The minimum Gasteiger partial charge on any atom is -0.327 e. The van der Waals surface area contributed by atoms with Gasteiger partial charge < -0.3 is 5.73 Å². The lowest BCUT2D eigenvalue weighted by molar-refractivity contribution is -0.385. The Bertz CT molecular complexity index is 385. The second kappa shape index (κ2) is 4.57. The maximum absolute atomic E-state index is 10.8. The van der Waals surface area contributed by atoms with Crippen molar-refractivity contribution >= 4 is 5.69 Å². The molecule has 0 aliphatic rings. The van der Waals surface area contributed by atoms with Gasteiger partial charge in [0.25, 0.3) is 5.69 Å². The van der Waals surface area contributed by atoms with Gasteiger partial charge in [-0.2, -0.15) is 0 Å². The van der Waals surface area contributed by atoms with E-state index in [1.54, 1.807) is 12.3 Å². The molecule has 2 N–H and O–H groups in total. The number of pyridine rings is 1. The first-order valence-electron chi connectivity index (χ1n) is 5.15. The van der Waals surface area contributed by atoms with Crippen LogP contribution in [-0.2, 0) is 6.42 Å². The molecule has 0 radical (unpaired) electrons. The van der Waals surface area contributed by atoms with Gasteiger partial charge in [-0.15, -0.1) is 0 Å². The minimum absolute atomic E-state index is 0.0437. The molecule has 0 aliphatic heterocycles. The van der Waals surface area contributed by atoms with E-state index >= 15 is 0 Å². The fourth-order valence-corrected chi connectivity index (χ4v) is 1.30. The van der Waals surface area contributed by atoms with E-state index in [0.29, 0.717) is 12.0 Å². The number of rotatable bonds is 3. The van der Waals surface area contributed by atoms with Crippen LogP contribution in [0.15, 0.2) is 18.5 Å². The minimum atomic E-state index is -0.419. The third kappa shape index (κ3) is 3.00. The lowest BCUT2D eigenvalue weighted by atomic mass is 9.83. The molecule has 1 aromatic rings. The van der Waals surface area contributed by atoms with E-state index in [-0.39, 0.29) is 17.1 Å². The van der Waals surface area contributed by atoms with Gasteiger partial charge in [-0.3, -0.25) is 15.1 Å². The highest BCUT2D eigenvalue weighted by atomic mass is 16.6. The largest absolute Gasteiger partial charge is 0.327 e. The zero-order valence-corrected chi connectivity index (χ0v) is 9.80. The molecule has 0 saturated heterocycles. The fraction of sp³-hybridized carbons (Fsp3) is 0.545. The third-order valence-electron chi connectivity index (χ3n) is 2.64. The quantitative estimate of drug-likeness (QED) is 0.626. The van der Waals surface area contributed by atoms with E-state index in [0.717, 1.165) is 0 Å². The molecule has 0 aliphatic carbocycles. The standard InChI is InChI=1S/C11H17N3O2/c1-11(2,3)10(12)6-8-4-5-13-7-9(8)14(15)16/h4-5,7,10H,6,12H2,1-3H3. The Hall–Kier alpha value is -1.49. The van der Waals surface area contributed by atoms with Gasteiger partial charge in [0.15, 0.2) is 0 Å². The van der Waals surface area contributed by atoms with Crippen LogP contribution >= 0.6 is 0 Å². The van der Waals surface area contributed by atoms with Gasteiger partial charge in [-0.25, -0.2) is 0 Å². The summed E-state index contributed by atoms with van der Waals surface area (Å²) in [4.78, 5) is 14.1. The Morgan fingerprint density at radius 2 is 2.19 bits per heavy atom. The summed E-state index contributed by atoms with van der Waals surface area (Å²) in [6.07, 6.45) is 3.31. The average molecular weight is 223 g/mol. The van der Waals surface area contributed by atoms with Crippen LogP contribution in [0.25, 0.3) is 0 Å². The Morgan fingerprint density at radius 3 is 2.69 bits per heavy atom. The van der Waals surface area contributed by atoms with E-state index in [1.807, 2.05) is 20.8 Å². The van der Waals surface area contributed by atoms with Crippen LogP contribution in [0.1, 0.15) is 26.3 Å². The molecule has 5 nitrogen and oxygen atoms in total. The zero-order valence-electron chi connectivity index (χ0n) is 9.80. The monoisotopic (exact) mass is 223 g/mol. The zero-order chi connectivity index (χ0) is 12.3. The fourth-order valence-electron chi connectivity index (χ4n) is 1.30. The molecule has 88 valence electrons. The number of aromatic nitrogens is 1. The highest BCUT2D eigenvalue weighted by Crippen LogP contribution is 2.24. The third-order valence-corrected chi connectivity index (χ3v) is 2.64. The molecule has 0 aromatic carbocycles. The first-order chi connectivity index (χ1) is 7.32. The Labute approximate surface area is 94.8 Å². The molecule has 0 amide bonds. The number of hydrogen-bond acceptors (Lipinski definition) is 4. The molecule has 1 rings (SSSR count). The molecule has 0 spiro atoms. The van der Waals surface area contributed by atoms with Gasteiger partial charge in [-0.1, -0.05) is 20.8 Å². The Balaban J connectivity index is 2.93. The molecule has 16 heavy (non-hydrogen) atoms. The van der Waals surface area contributed by atoms with Crippen molar-refractivity contribution in [2.45, 2.75) is 33.2 Å². The summed E-state index contributed by atoms with van der Waals surface area (Å²) in [7, 11) is 0. The molecule has 5 heteroatoms. The predicted octanol–water partition coefficient (Wildman–Crippen LogP) is 1.91. The van der Waals surface area contributed by atoms with Crippen LogP contribution in [0.4, 0.5) is 5.69 Å². The smallest absolute Gasteiger partial charge is 0.290 e. The summed E-state index contributed by atoms with van der Waals surface area (Å²) in [5.74, 6) is 0. The summed E-state index contributed by atoms with van der Waals surface area (Å²) in [5, 5.41) is 10.8. The van der Waals surface area contributed by atoms with Crippen LogP contribution in [0.3, 0.4) is 0 Å². The van der Waals surface area contributed by atoms with Gasteiger partial charge >= 0.3 is 0 Å². The van der Waals surface area contributed by atoms with Crippen LogP contribution < -0.4 is 5.73 Å². The highest BCUT2D eigenvalue weighted by molar-refractivity contribution is 5.37. The van der Waals surface area contributed by atoms with Gasteiger partial charge in [0.05, 0.1) is 4.92 Å². The number of nitrogens with two attached hydrogens (primary N) is 1. The lowest BCUT2D eigenvalue weighted by Crippen LogP contribution is -2.37. The summed E-state index contributed by atoms with van der Waals surface area (Å²) in [6.45, 7) is 6.06. The normalized spacial score (nSPS) is 13.5. The number of nitro groups is 1. The van der Waals surface area contributed by atoms with Gasteiger partial charge in [0, 0.05) is 17.8 Å². The molecular weight excluding hydrogens is 206 g/mol. The van der Waals surface area contributed by atoms with Crippen molar-refractivity contribution in [2.75, 3.05) is 0 Å². The van der Waals surface area contributed by atoms with Crippen LogP contribution in [0.5, 0.6) is 0 Å². The number of hydrogen-bond donors (Lipinski definition) is 1. The second-order valence-electron chi connectivity index (χ2n) is 4.94. The van der Waals surface area contributed by atoms with Crippen LogP contribution in [-0.4, -0.2) is 15.9 Å².